The van der Waals surface area contributed by atoms with Crippen LogP contribution in [-0.4, -0.2) is 16.0 Å². The highest BCUT2D eigenvalue weighted by atomic mass is 15.3. The number of aromatic nitrogens is 2. The summed E-state index contributed by atoms with van der Waals surface area (Å²) in [6.45, 7) is 4.41. The van der Waals surface area contributed by atoms with E-state index in [9.17, 15) is 0 Å². The van der Waals surface area contributed by atoms with Crippen molar-refractivity contribution in [1.82, 2.24) is 9.97 Å². The lowest BCUT2D eigenvalue weighted by Crippen LogP contribution is -2.27. The number of aryl methyl sites for hydroxylation is 1. The van der Waals surface area contributed by atoms with Crippen molar-refractivity contribution in [2.24, 2.45) is 11.8 Å². The molecule has 118 valence electrons. The average molecular weight is 291 g/mol. The van der Waals surface area contributed by atoms with Crippen LogP contribution in [0.2, 0.25) is 0 Å². The highest BCUT2D eigenvalue weighted by Crippen LogP contribution is 2.29. The van der Waals surface area contributed by atoms with Crippen molar-refractivity contribution in [3.63, 3.8) is 0 Å². The monoisotopic (exact) mass is 291 g/mol. The molecule has 1 aliphatic carbocycles. The van der Waals surface area contributed by atoms with Crippen molar-refractivity contribution in [3.05, 3.63) is 11.9 Å². The molecule has 5 nitrogen and oxygen atoms in total. The molecule has 0 atom stereocenters. The number of rotatable bonds is 7. The van der Waals surface area contributed by atoms with Gasteiger partial charge in [0.15, 0.2) is 0 Å². The van der Waals surface area contributed by atoms with Gasteiger partial charge in [-0.2, -0.15) is 0 Å². The number of nitrogen functional groups attached to an aromatic ring is 1. The van der Waals surface area contributed by atoms with Crippen LogP contribution in [0.5, 0.6) is 0 Å². The Balaban J connectivity index is 1.94. The SMILES string of the molecule is CCCc1nc(NN)cc(NC2CCC(CCC)CC2)n1. The molecule has 4 N–H and O–H groups in total. The molecule has 1 aliphatic rings. The topological polar surface area (TPSA) is 75.9 Å². The molecule has 1 saturated carbocycles. The maximum atomic E-state index is 5.50. The number of hydrogen-bond acceptors (Lipinski definition) is 5. The molecule has 1 fully saturated rings. The molecule has 0 amide bonds. The quantitative estimate of drug-likeness (QED) is 0.529. The fraction of sp³-hybridized carbons (Fsp3) is 0.750. The third-order valence-corrected chi connectivity index (χ3v) is 4.29. The Bertz CT molecular complexity index is 427. The molecule has 1 heterocycles. The van der Waals surface area contributed by atoms with Crippen LogP contribution in [0.4, 0.5) is 11.6 Å². The van der Waals surface area contributed by atoms with Gasteiger partial charge in [0, 0.05) is 18.5 Å². The predicted octanol–water partition coefficient (Wildman–Crippen LogP) is 3.49. The summed E-state index contributed by atoms with van der Waals surface area (Å²) in [6, 6.07) is 2.44. The van der Waals surface area contributed by atoms with E-state index in [1.165, 1.54) is 38.5 Å². The van der Waals surface area contributed by atoms with Gasteiger partial charge in [-0.3, -0.25) is 0 Å². The number of hydrogen-bond donors (Lipinski definition) is 3. The van der Waals surface area contributed by atoms with Crippen LogP contribution in [0.3, 0.4) is 0 Å². The summed E-state index contributed by atoms with van der Waals surface area (Å²) in [5.41, 5.74) is 2.64. The van der Waals surface area contributed by atoms with Crippen LogP contribution in [0.15, 0.2) is 6.07 Å². The van der Waals surface area contributed by atoms with Gasteiger partial charge in [-0.05, 0) is 38.0 Å². The zero-order valence-corrected chi connectivity index (χ0v) is 13.4. The summed E-state index contributed by atoms with van der Waals surface area (Å²) in [5, 5.41) is 3.57. The second-order valence-corrected chi connectivity index (χ2v) is 6.10. The van der Waals surface area contributed by atoms with Crippen LogP contribution >= 0.6 is 0 Å². The second kappa shape index (κ2) is 8.17. The van der Waals surface area contributed by atoms with Gasteiger partial charge in [-0.15, -0.1) is 0 Å². The molecule has 0 saturated heterocycles. The maximum Gasteiger partial charge on any atom is 0.145 e. The molecule has 0 bridgehead atoms. The van der Waals surface area contributed by atoms with Crippen LogP contribution < -0.4 is 16.6 Å². The van der Waals surface area contributed by atoms with Gasteiger partial charge >= 0.3 is 0 Å². The molecule has 5 heteroatoms. The Morgan fingerprint density at radius 3 is 2.43 bits per heavy atom. The minimum Gasteiger partial charge on any atom is -0.367 e. The van der Waals surface area contributed by atoms with Gasteiger partial charge in [0.1, 0.15) is 17.5 Å². The van der Waals surface area contributed by atoms with Gasteiger partial charge in [-0.25, -0.2) is 15.8 Å². The van der Waals surface area contributed by atoms with Crippen LogP contribution in [-0.2, 0) is 6.42 Å². The fourth-order valence-corrected chi connectivity index (χ4v) is 3.19. The van der Waals surface area contributed by atoms with E-state index in [0.29, 0.717) is 11.9 Å². The first-order valence-electron chi connectivity index (χ1n) is 8.36. The smallest absolute Gasteiger partial charge is 0.145 e. The Morgan fingerprint density at radius 2 is 1.81 bits per heavy atom. The summed E-state index contributed by atoms with van der Waals surface area (Å²) in [4.78, 5) is 8.99. The van der Waals surface area contributed by atoms with Gasteiger partial charge in [-0.1, -0.05) is 26.7 Å². The molecule has 1 aromatic rings. The van der Waals surface area contributed by atoms with Crippen molar-refractivity contribution in [2.75, 3.05) is 10.7 Å². The standard InChI is InChI=1S/C16H29N5/c1-3-5-12-7-9-13(10-8-12)18-15-11-16(21-17)20-14(19-15)6-4-2/h11-13H,3-10,17H2,1-2H3,(H2,18,19,20,21). The first-order valence-corrected chi connectivity index (χ1v) is 8.36. The number of nitrogens with one attached hydrogen (secondary N) is 2. The van der Waals surface area contributed by atoms with Crippen LogP contribution in [0.1, 0.15) is 64.6 Å². The van der Waals surface area contributed by atoms with Crippen molar-refractivity contribution in [3.8, 4) is 0 Å². The molecular weight excluding hydrogens is 262 g/mol. The van der Waals surface area contributed by atoms with E-state index in [1.54, 1.807) is 0 Å². The summed E-state index contributed by atoms with van der Waals surface area (Å²) in [7, 11) is 0. The Hall–Kier alpha value is -1.36. The van der Waals surface area contributed by atoms with Crippen molar-refractivity contribution in [2.45, 2.75) is 71.3 Å². The molecule has 2 rings (SSSR count). The summed E-state index contributed by atoms with van der Waals surface area (Å²) in [6.07, 6.45) is 9.75. The summed E-state index contributed by atoms with van der Waals surface area (Å²) >= 11 is 0. The van der Waals surface area contributed by atoms with Crippen LogP contribution in [0.25, 0.3) is 0 Å². The lowest BCUT2D eigenvalue weighted by molar-refractivity contribution is 0.318. The van der Waals surface area contributed by atoms with E-state index < -0.39 is 0 Å². The first-order chi connectivity index (χ1) is 10.2. The Kier molecular flexibility index (Phi) is 6.23. The van der Waals surface area contributed by atoms with Crippen molar-refractivity contribution < 1.29 is 0 Å². The predicted molar refractivity (Wildman–Crippen MR) is 88.1 cm³/mol. The lowest BCUT2D eigenvalue weighted by atomic mass is 9.83. The molecule has 1 aromatic heterocycles. The molecule has 0 aromatic carbocycles. The molecular formula is C16H29N5. The third kappa shape index (κ3) is 4.84. The molecule has 0 spiro atoms. The van der Waals surface area contributed by atoms with Gasteiger partial charge in [0.25, 0.3) is 0 Å². The van der Waals surface area contributed by atoms with E-state index in [1.807, 2.05) is 6.07 Å². The second-order valence-electron chi connectivity index (χ2n) is 6.10. The number of nitrogens with two attached hydrogens (primary N) is 1. The normalized spacial score (nSPS) is 22.0. The van der Waals surface area contributed by atoms with Gasteiger partial charge < -0.3 is 10.7 Å². The van der Waals surface area contributed by atoms with Crippen LogP contribution in [0, 0.1) is 5.92 Å². The molecule has 0 unspecified atom stereocenters. The highest BCUT2D eigenvalue weighted by molar-refractivity contribution is 5.47. The molecule has 0 aliphatic heterocycles. The van der Waals surface area contributed by atoms with E-state index in [2.05, 4.69) is 34.6 Å². The average Bonchev–Trinajstić information content (AvgIpc) is 2.49. The van der Waals surface area contributed by atoms with E-state index in [-0.39, 0.29) is 0 Å². The maximum absolute atomic E-state index is 5.50. The number of anilines is 2. The third-order valence-electron chi connectivity index (χ3n) is 4.29. The molecule has 21 heavy (non-hydrogen) atoms. The van der Waals surface area contributed by atoms with Gasteiger partial charge in [0.2, 0.25) is 0 Å². The van der Waals surface area contributed by atoms with Crippen molar-refractivity contribution >= 4 is 11.6 Å². The minimum atomic E-state index is 0.535. The Labute approximate surface area is 128 Å². The molecule has 0 radical (unpaired) electrons. The zero-order chi connectivity index (χ0) is 15.1. The number of nitrogens with zero attached hydrogens (tertiary/aromatic N) is 2. The summed E-state index contributed by atoms with van der Waals surface area (Å²) < 4.78 is 0. The summed E-state index contributed by atoms with van der Waals surface area (Å²) in [5.74, 6) is 8.88. The van der Waals surface area contributed by atoms with E-state index in [4.69, 9.17) is 5.84 Å². The number of hydrazine groups is 1. The zero-order valence-electron chi connectivity index (χ0n) is 13.4. The largest absolute Gasteiger partial charge is 0.367 e. The highest BCUT2D eigenvalue weighted by Gasteiger charge is 2.20. The van der Waals surface area contributed by atoms with E-state index >= 15 is 0 Å². The lowest BCUT2D eigenvalue weighted by Gasteiger charge is -2.29. The van der Waals surface area contributed by atoms with Gasteiger partial charge in [0.05, 0.1) is 0 Å². The first kappa shape index (κ1) is 16.0. The Morgan fingerprint density at radius 1 is 1.10 bits per heavy atom. The van der Waals surface area contributed by atoms with E-state index in [0.717, 1.165) is 30.4 Å². The van der Waals surface area contributed by atoms with Crippen molar-refractivity contribution in [1.29, 1.82) is 0 Å². The minimum absolute atomic E-state index is 0.535. The fourth-order valence-electron chi connectivity index (χ4n) is 3.19.